The van der Waals surface area contributed by atoms with Gasteiger partial charge in [0.15, 0.2) is 3.95 Å². The highest BCUT2D eigenvalue weighted by atomic mass is 32.1. The summed E-state index contributed by atoms with van der Waals surface area (Å²) in [6, 6.07) is 7.71. The fourth-order valence-corrected chi connectivity index (χ4v) is 3.87. The van der Waals surface area contributed by atoms with E-state index in [1.807, 2.05) is 24.3 Å². The van der Waals surface area contributed by atoms with Crippen LogP contribution in [0.3, 0.4) is 0 Å². The number of thiazole rings is 1. The van der Waals surface area contributed by atoms with Crippen LogP contribution in [0.15, 0.2) is 41.9 Å². The molecule has 0 radical (unpaired) electrons. The summed E-state index contributed by atoms with van der Waals surface area (Å²) in [6.07, 6.45) is 1.70. The summed E-state index contributed by atoms with van der Waals surface area (Å²) < 4.78 is 2.23. The number of allylic oxidation sites excluding steroid dienone is 1. The van der Waals surface area contributed by atoms with Gasteiger partial charge in [0, 0.05) is 17.3 Å². The van der Waals surface area contributed by atoms with E-state index in [2.05, 4.69) is 11.6 Å². The number of thiocarbonyl (C=S) groups is 1. The molecule has 1 aliphatic rings. The van der Waals surface area contributed by atoms with Gasteiger partial charge >= 0.3 is 0 Å². The molecule has 0 saturated carbocycles. The van der Waals surface area contributed by atoms with Crippen LogP contribution < -0.4 is 10.6 Å². The molecule has 0 unspecified atom stereocenters. The summed E-state index contributed by atoms with van der Waals surface area (Å²) in [7, 11) is 0. The molecule has 20 heavy (non-hydrogen) atoms. The zero-order valence-corrected chi connectivity index (χ0v) is 12.8. The summed E-state index contributed by atoms with van der Waals surface area (Å²) in [5.74, 6) is 0.129. The van der Waals surface area contributed by atoms with Crippen LogP contribution in [-0.2, 0) is 6.54 Å². The van der Waals surface area contributed by atoms with Gasteiger partial charge in [-0.2, -0.15) is 0 Å². The minimum absolute atomic E-state index is 0.129. The minimum atomic E-state index is 0.129. The number of nitrogens with zero attached hydrogens (tertiary/aromatic N) is 2. The third kappa shape index (κ3) is 1.96. The highest BCUT2D eigenvalue weighted by molar-refractivity contribution is 7.81. The van der Waals surface area contributed by atoms with Crippen molar-refractivity contribution < 1.29 is 5.11 Å². The number of aromatic nitrogens is 1. The summed E-state index contributed by atoms with van der Waals surface area (Å²) >= 11 is 12.0. The van der Waals surface area contributed by atoms with E-state index in [1.54, 1.807) is 10.6 Å². The Kier molecular flexibility index (Phi) is 3.37. The topological polar surface area (TPSA) is 37.5 Å². The number of rotatable bonds is 3. The molecule has 1 aromatic heterocycles. The molecular formula is C14H10N2OS3. The summed E-state index contributed by atoms with van der Waals surface area (Å²) in [6.45, 7) is 4.14. The van der Waals surface area contributed by atoms with E-state index in [-0.39, 0.29) is 5.88 Å². The van der Waals surface area contributed by atoms with E-state index >= 15 is 0 Å². The molecule has 2 aromatic rings. The second kappa shape index (κ2) is 5.05. The van der Waals surface area contributed by atoms with Crippen molar-refractivity contribution >= 4 is 46.3 Å². The zero-order valence-electron chi connectivity index (χ0n) is 10.4. The van der Waals surface area contributed by atoms with Gasteiger partial charge in [0.1, 0.15) is 9.87 Å². The average Bonchev–Trinajstić information content (AvgIpc) is 2.89. The Balaban J connectivity index is 2.34. The van der Waals surface area contributed by atoms with Gasteiger partial charge in [-0.15, -0.1) is 17.9 Å². The molecule has 3 nitrogen and oxygen atoms in total. The number of aromatic hydroxyl groups is 1. The molecule has 1 aliphatic heterocycles. The van der Waals surface area contributed by atoms with Crippen LogP contribution in [0.25, 0.3) is 5.57 Å². The minimum Gasteiger partial charge on any atom is -0.493 e. The normalized spacial score (nSPS) is 13.2. The van der Waals surface area contributed by atoms with Crippen LogP contribution in [0.5, 0.6) is 5.88 Å². The first-order valence-corrected chi connectivity index (χ1v) is 7.53. The van der Waals surface area contributed by atoms with Crippen molar-refractivity contribution in [3.05, 3.63) is 56.3 Å². The molecule has 0 spiro atoms. The lowest BCUT2D eigenvalue weighted by Gasteiger charge is -2.02. The molecule has 3 rings (SSSR count). The lowest BCUT2D eigenvalue weighted by atomic mass is 10.1. The molecule has 0 atom stereocenters. The molecule has 1 N–H and O–H groups in total. The highest BCUT2D eigenvalue weighted by Gasteiger charge is 2.22. The monoisotopic (exact) mass is 318 g/mol. The van der Waals surface area contributed by atoms with Gasteiger partial charge in [-0.25, -0.2) is 4.99 Å². The van der Waals surface area contributed by atoms with Crippen LogP contribution >= 0.6 is 35.8 Å². The highest BCUT2D eigenvalue weighted by Crippen LogP contribution is 2.32. The van der Waals surface area contributed by atoms with Crippen molar-refractivity contribution in [1.29, 1.82) is 0 Å². The van der Waals surface area contributed by atoms with Crippen LogP contribution in [-0.4, -0.2) is 14.7 Å². The zero-order chi connectivity index (χ0) is 14.3. The molecule has 0 saturated heterocycles. The van der Waals surface area contributed by atoms with Crippen molar-refractivity contribution in [3.8, 4) is 5.88 Å². The molecule has 0 fully saturated rings. The number of benzene rings is 1. The molecule has 0 bridgehead atoms. The first-order chi connectivity index (χ1) is 9.63. The Labute approximate surface area is 129 Å². The SMILES string of the molecule is C=CCn1c(O)c(C2=c3ccccc3=NC2=S)sc1=S. The molecule has 100 valence electrons. The van der Waals surface area contributed by atoms with Gasteiger partial charge in [0.2, 0.25) is 5.88 Å². The van der Waals surface area contributed by atoms with Crippen molar-refractivity contribution in [1.82, 2.24) is 4.57 Å². The first kappa shape index (κ1) is 13.4. The molecule has 6 heteroatoms. The third-order valence-corrected chi connectivity index (χ3v) is 4.77. The summed E-state index contributed by atoms with van der Waals surface area (Å²) in [5, 5.41) is 12.2. The predicted octanol–water partition coefficient (Wildman–Crippen LogP) is 2.33. The fourth-order valence-electron chi connectivity index (χ4n) is 2.13. The van der Waals surface area contributed by atoms with Gasteiger partial charge in [-0.3, -0.25) is 4.57 Å². The van der Waals surface area contributed by atoms with E-state index < -0.39 is 0 Å². The summed E-state index contributed by atoms with van der Waals surface area (Å²) in [4.78, 5) is 5.53. The quantitative estimate of drug-likeness (QED) is 0.697. The van der Waals surface area contributed by atoms with Gasteiger partial charge in [0.05, 0.1) is 5.36 Å². The van der Waals surface area contributed by atoms with Crippen molar-refractivity contribution in [2.45, 2.75) is 6.54 Å². The Bertz CT molecular complexity index is 905. The second-order valence-corrected chi connectivity index (χ2v) is 6.26. The predicted molar refractivity (Wildman–Crippen MR) is 87.3 cm³/mol. The van der Waals surface area contributed by atoms with Gasteiger partial charge in [0.25, 0.3) is 0 Å². The number of para-hydroxylation sites is 1. The van der Waals surface area contributed by atoms with Crippen molar-refractivity contribution in [2.24, 2.45) is 4.99 Å². The Morgan fingerprint density at radius 1 is 1.35 bits per heavy atom. The smallest absolute Gasteiger partial charge is 0.211 e. The Morgan fingerprint density at radius 3 is 2.85 bits per heavy atom. The van der Waals surface area contributed by atoms with Crippen LogP contribution in [0.1, 0.15) is 4.88 Å². The van der Waals surface area contributed by atoms with Gasteiger partial charge < -0.3 is 5.11 Å². The maximum Gasteiger partial charge on any atom is 0.211 e. The first-order valence-electron chi connectivity index (χ1n) is 5.89. The molecular weight excluding hydrogens is 308 g/mol. The number of hydrogen-bond acceptors (Lipinski definition) is 4. The Hall–Kier alpha value is -1.63. The molecule has 0 aliphatic carbocycles. The maximum atomic E-state index is 10.4. The van der Waals surface area contributed by atoms with Crippen LogP contribution in [0.4, 0.5) is 0 Å². The molecule has 2 heterocycles. The lowest BCUT2D eigenvalue weighted by molar-refractivity contribution is 0.423. The standard InChI is InChI=1S/C14H10N2OS3/c1-2-7-16-13(17)11(20-14(16)19)10-8-5-3-4-6-9(8)15-12(10)18/h2-6,17H,1,7H2. The second-order valence-electron chi connectivity index (χ2n) is 4.23. The van der Waals surface area contributed by atoms with Gasteiger partial charge in [-0.05, 0) is 18.3 Å². The van der Waals surface area contributed by atoms with E-state index in [0.29, 0.717) is 20.4 Å². The van der Waals surface area contributed by atoms with Crippen LogP contribution in [0, 0.1) is 3.95 Å². The Morgan fingerprint density at radius 2 is 2.10 bits per heavy atom. The maximum absolute atomic E-state index is 10.4. The van der Waals surface area contributed by atoms with E-state index in [4.69, 9.17) is 24.4 Å². The number of hydrogen-bond donors (Lipinski definition) is 1. The largest absolute Gasteiger partial charge is 0.493 e. The molecule has 0 amide bonds. The fraction of sp³-hybridized carbons (Fsp3) is 0.0714. The van der Waals surface area contributed by atoms with Crippen molar-refractivity contribution in [2.75, 3.05) is 0 Å². The number of fused-ring (bicyclic) bond motifs is 1. The third-order valence-electron chi connectivity index (χ3n) is 3.02. The van der Waals surface area contributed by atoms with Gasteiger partial charge in [-0.1, -0.05) is 36.5 Å². The van der Waals surface area contributed by atoms with E-state index in [9.17, 15) is 5.11 Å². The van der Waals surface area contributed by atoms with Crippen LogP contribution in [0.2, 0.25) is 0 Å². The lowest BCUT2D eigenvalue weighted by Crippen LogP contribution is -2.22. The average molecular weight is 318 g/mol. The van der Waals surface area contributed by atoms with E-state index in [0.717, 1.165) is 16.1 Å². The summed E-state index contributed by atoms with van der Waals surface area (Å²) in [5.41, 5.74) is 0.784. The molecule has 1 aromatic carbocycles. The van der Waals surface area contributed by atoms with E-state index in [1.165, 1.54) is 11.3 Å². The van der Waals surface area contributed by atoms with Crippen molar-refractivity contribution in [3.63, 3.8) is 0 Å².